The molecule has 0 bridgehead atoms. The van der Waals surface area contributed by atoms with Crippen LogP contribution in [0.5, 0.6) is 5.75 Å². The van der Waals surface area contributed by atoms with Crippen molar-refractivity contribution in [1.82, 2.24) is 19.6 Å². The normalized spacial score (nSPS) is 18.4. The zero-order valence-electron chi connectivity index (χ0n) is 20.1. The summed E-state index contributed by atoms with van der Waals surface area (Å²) in [5.74, 6) is 0.322. The molecule has 1 aromatic heterocycles. The highest BCUT2D eigenvalue weighted by molar-refractivity contribution is 7.89. The van der Waals surface area contributed by atoms with Crippen molar-refractivity contribution < 1.29 is 17.9 Å². The summed E-state index contributed by atoms with van der Waals surface area (Å²) >= 11 is 0. The molecule has 2 N–H and O–H groups in total. The second-order valence-corrected chi connectivity index (χ2v) is 10.7. The van der Waals surface area contributed by atoms with Crippen LogP contribution < -0.4 is 15.0 Å². The van der Waals surface area contributed by atoms with Crippen LogP contribution >= 0.6 is 0 Å². The number of amides is 1. The van der Waals surface area contributed by atoms with Crippen LogP contribution in [-0.2, 0) is 16.6 Å². The Morgan fingerprint density at radius 3 is 2.69 bits per heavy atom. The number of ether oxygens (including phenoxy) is 1. The van der Waals surface area contributed by atoms with E-state index in [0.717, 1.165) is 25.7 Å². The largest absolute Gasteiger partial charge is 0.495 e. The third-order valence-electron chi connectivity index (χ3n) is 6.51. The molecular formula is C25H30N4O5S. The molecule has 1 heterocycles. The Hall–Kier alpha value is -3.24. The molecule has 35 heavy (non-hydrogen) atoms. The number of H-pyrrole nitrogens is 1. The molecule has 186 valence electrons. The Bertz CT molecular complexity index is 1400. The number of fused-ring (bicyclic) bond motifs is 1. The van der Waals surface area contributed by atoms with Gasteiger partial charge in [-0.05, 0) is 49.1 Å². The number of hydrogen-bond donors (Lipinski definition) is 2. The zero-order chi connectivity index (χ0) is 25.2. The lowest BCUT2D eigenvalue weighted by molar-refractivity contribution is 0.0781. The molecule has 1 amide bonds. The van der Waals surface area contributed by atoms with Gasteiger partial charge < -0.3 is 14.6 Å². The van der Waals surface area contributed by atoms with Gasteiger partial charge in [0.05, 0.1) is 24.6 Å². The first-order chi connectivity index (χ1) is 16.7. The van der Waals surface area contributed by atoms with Crippen molar-refractivity contribution in [3.8, 4) is 5.75 Å². The number of benzene rings is 2. The standard InChI is InChI=1S/C25H30N4O5S/c1-16-8-4-6-10-19(16)28-35(32,33)22-14-17(12-13-21(22)34-3)25(31)29(2)15-23-26-20-11-7-5-9-18(20)24(30)27-23/h5,7,9,11-14,16,19,28H,4,6,8,10,15H2,1-3H3,(H,26,27,30)/t16-,19+/m0/s1. The number of carbonyl (C=O) groups excluding carboxylic acids is 1. The average molecular weight is 499 g/mol. The van der Waals surface area contributed by atoms with Gasteiger partial charge in [-0.3, -0.25) is 9.59 Å². The summed E-state index contributed by atoms with van der Waals surface area (Å²) in [5.41, 5.74) is 0.439. The van der Waals surface area contributed by atoms with Gasteiger partial charge in [0, 0.05) is 18.7 Å². The summed E-state index contributed by atoms with van der Waals surface area (Å²) in [6.07, 6.45) is 3.82. The number of aromatic nitrogens is 2. The van der Waals surface area contributed by atoms with E-state index in [1.807, 2.05) is 6.92 Å². The molecule has 1 saturated carbocycles. The summed E-state index contributed by atoms with van der Waals surface area (Å²) < 4.78 is 34.6. The molecule has 0 unspecified atom stereocenters. The van der Waals surface area contributed by atoms with Crippen LogP contribution in [0.15, 0.2) is 52.2 Å². The number of para-hydroxylation sites is 1. The monoisotopic (exact) mass is 498 g/mol. The minimum Gasteiger partial charge on any atom is -0.495 e. The van der Waals surface area contributed by atoms with E-state index < -0.39 is 15.9 Å². The topological polar surface area (TPSA) is 121 Å². The molecule has 9 nitrogen and oxygen atoms in total. The van der Waals surface area contributed by atoms with Gasteiger partial charge >= 0.3 is 0 Å². The molecule has 3 aromatic rings. The van der Waals surface area contributed by atoms with Gasteiger partial charge in [0.15, 0.2) is 0 Å². The minimum atomic E-state index is -3.91. The molecule has 1 fully saturated rings. The Balaban J connectivity index is 1.58. The molecule has 4 rings (SSSR count). The van der Waals surface area contributed by atoms with Crippen molar-refractivity contribution in [2.45, 2.75) is 50.1 Å². The van der Waals surface area contributed by atoms with E-state index in [9.17, 15) is 18.0 Å². The number of nitrogens with one attached hydrogen (secondary N) is 2. The highest BCUT2D eigenvalue weighted by atomic mass is 32.2. The third kappa shape index (κ3) is 5.38. The number of carbonyl (C=O) groups is 1. The van der Waals surface area contributed by atoms with Gasteiger partial charge in [-0.1, -0.05) is 31.9 Å². The lowest BCUT2D eigenvalue weighted by Gasteiger charge is -2.29. The molecule has 0 radical (unpaired) electrons. The van der Waals surface area contributed by atoms with Gasteiger partial charge in [-0.25, -0.2) is 18.1 Å². The second kappa shape index (κ2) is 10.2. The summed E-state index contributed by atoms with van der Waals surface area (Å²) in [6.45, 7) is 2.09. The van der Waals surface area contributed by atoms with Crippen LogP contribution in [0.3, 0.4) is 0 Å². The average Bonchev–Trinajstić information content (AvgIpc) is 2.84. The highest BCUT2D eigenvalue weighted by Crippen LogP contribution is 2.29. The summed E-state index contributed by atoms with van der Waals surface area (Å²) in [6, 6.07) is 11.1. The van der Waals surface area contributed by atoms with Gasteiger partial charge in [0.1, 0.15) is 16.5 Å². The summed E-state index contributed by atoms with van der Waals surface area (Å²) in [5, 5.41) is 0.468. The molecule has 2 aromatic carbocycles. The summed E-state index contributed by atoms with van der Waals surface area (Å²) in [4.78, 5) is 34.0. The maximum absolute atomic E-state index is 13.3. The lowest BCUT2D eigenvalue weighted by atomic mass is 9.87. The fourth-order valence-corrected chi connectivity index (χ4v) is 6.07. The van der Waals surface area contributed by atoms with E-state index in [1.165, 1.54) is 30.2 Å². The second-order valence-electron chi connectivity index (χ2n) is 9.05. The van der Waals surface area contributed by atoms with Gasteiger partial charge in [-0.15, -0.1) is 0 Å². The number of rotatable bonds is 7. The lowest BCUT2D eigenvalue weighted by Crippen LogP contribution is -2.41. The Kier molecular flexibility index (Phi) is 7.23. The SMILES string of the molecule is COc1ccc(C(=O)N(C)Cc2nc3ccccc3c(=O)[nH]2)cc1S(=O)(=O)N[C@@H]1CCCC[C@@H]1C. The van der Waals surface area contributed by atoms with Gasteiger partial charge in [-0.2, -0.15) is 0 Å². The number of sulfonamides is 1. The molecule has 0 spiro atoms. The minimum absolute atomic E-state index is 0.0465. The number of hydrogen-bond acceptors (Lipinski definition) is 6. The molecule has 0 aliphatic heterocycles. The molecule has 1 aliphatic carbocycles. The Labute approximate surface area is 204 Å². The fraction of sp³-hybridized carbons (Fsp3) is 0.400. The first-order valence-electron chi connectivity index (χ1n) is 11.6. The van der Waals surface area contributed by atoms with Crippen LogP contribution in [0, 0.1) is 5.92 Å². The molecule has 10 heteroatoms. The van der Waals surface area contributed by atoms with E-state index >= 15 is 0 Å². The molecule has 1 aliphatic rings. The van der Waals surface area contributed by atoms with Crippen molar-refractivity contribution in [2.24, 2.45) is 5.92 Å². The molecule has 2 atom stereocenters. The van der Waals surface area contributed by atoms with E-state index in [1.54, 1.807) is 31.3 Å². The third-order valence-corrected chi connectivity index (χ3v) is 8.02. The van der Waals surface area contributed by atoms with Crippen molar-refractivity contribution in [3.63, 3.8) is 0 Å². The van der Waals surface area contributed by atoms with Crippen LogP contribution in [0.25, 0.3) is 10.9 Å². The van der Waals surface area contributed by atoms with Crippen molar-refractivity contribution in [3.05, 3.63) is 64.2 Å². The van der Waals surface area contributed by atoms with E-state index in [-0.39, 0.29) is 40.3 Å². The quantitative estimate of drug-likeness (QED) is 0.516. The number of aromatic amines is 1. The maximum Gasteiger partial charge on any atom is 0.258 e. The van der Waals surface area contributed by atoms with Crippen molar-refractivity contribution in [1.29, 1.82) is 0 Å². The number of nitrogens with zero attached hydrogens (tertiary/aromatic N) is 2. The van der Waals surface area contributed by atoms with Crippen molar-refractivity contribution >= 4 is 26.8 Å². The Morgan fingerprint density at radius 1 is 1.20 bits per heavy atom. The first-order valence-corrected chi connectivity index (χ1v) is 13.1. The van der Waals surface area contributed by atoms with Crippen LogP contribution in [0.1, 0.15) is 48.8 Å². The predicted octanol–water partition coefficient (Wildman–Crippen LogP) is 3.06. The van der Waals surface area contributed by atoms with E-state index in [4.69, 9.17) is 4.74 Å². The summed E-state index contributed by atoms with van der Waals surface area (Å²) in [7, 11) is -0.949. The van der Waals surface area contributed by atoms with Gasteiger partial charge in [0.25, 0.3) is 11.5 Å². The fourth-order valence-electron chi connectivity index (χ4n) is 4.50. The molecule has 0 saturated heterocycles. The van der Waals surface area contributed by atoms with Gasteiger partial charge in [0.2, 0.25) is 10.0 Å². The van der Waals surface area contributed by atoms with E-state index in [0.29, 0.717) is 16.7 Å². The number of methoxy groups -OCH3 is 1. The first kappa shape index (κ1) is 24.9. The predicted molar refractivity (Wildman–Crippen MR) is 133 cm³/mol. The zero-order valence-corrected chi connectivity index (χ0v) is 20.9. The smallest absolute Gasteiger partial charge is 0.258 e. The maximum atomic E-state index is 13.3. The van der Waals surface area contributed by atoms with Crippen LogP contribution in [0.2, 0.25) is 0 Å². The highest BCUT2D eigenvalue weighted by Gasteiger charge is 2.29. The van der Waals surface area contributed by atoms with Crippen LogP contribution in [0.4, 0.5) is 0 Å². The Morgan fingerprint density at radius 2 is 1.94 bits per heavy atom. The molecular weight excluding hydrogens is 468 g/mol. The van der Waals surface area contributed by atoms with Crippen molar-refractivity contribution in [2.75, 3.05) is 14.2 Å². The van der Waals surface area contributed by atoms with Crippen LogP contribution in [-0.4, -0.2) is 49.4 Å². The van der Waals surface area contributed by atoms with E-state index in [2.05, 4.69) is 14.7 Å².